The maximum absolute atomic E-state index is 12.5. The Morgan fingerprint density at radius 2 is 2.25 bits per heavy atom. The first kappa shape index (κ1) is 16.9. The van der Waals surface area contributed by atoms with Crippen LogP contribution in [-0.2, 0) is 10.0 Å². The van der Waals surface area contributed by atoms with Gasteiger partial charge in [0, 0.05) is 25.3 Å². The van der Waals surface area contributed by atoms with Crippen molar-refractivity contribution in [1.82, 2.24) is 9.29 Å². The van der Waals surface area contributed by atoms with Gasteiger partial charge in [-0.05, 0) is 25.0 Å². The van der Waals surface area contributed by atoms with E-state index in [4.69, 9.17) is 11.0 Å². The zero-order valence-electron chi connectivity index (χ0n) is 10.9. The first-order chi connectivity index (χ1) is 9.09. The molecule has 0 spiro atoms. The molecule has 1 aromatic rings. The Hall–Kier alpha value is -1.20. The van der Waals surface area contributed by atoms with E-state index in [1.165, 1.54) is 22.6 Å². The number of nitriles is 1. The molecule has 0 aromatic carbocycles. The number of nitrogens with zero attached hydrogens (tertiary/aromatic N) is 3. The summed E-state index contributed by atoms with van der Waals surface area (Å²) in [5.41, 5.74) is 5.93. The molecule has 6 nitrogen and oxygen atoms in total. The molecular weight excluding hydrogens is 300 g/mol. The molecule has 1 unspecified atom stereocenters. The quantitative estimate of drug-likeness (QED) is 0.892. The molecule has 2 rings (SSSR count). The van der Waals surface area contributed by atoms with E-state index in [1.807, 2.05) is 6.07 Å². The second kappa shape index (κ2) is 6.99. The van der Waals surface area contributed by atoms with Crippen molar-refractivity contribution < 1.29 is 8.42 Å². The van der Waals surface area contributed by atoms with E-state index in [2.05, 4.69) is 4.98 Å². The molecule has 0 amide bonds. The van der Waals surface area contributed by atoms with E-state index >= 15 is 0 Å². The molecule has 1 aliphatic heterocycles. The molecule has 110 valence electrons. The standard InChI is InChI=1S/C12H16N4O2S.ClH/c13-8-10-4-5-15-12(7-10)19(17,18)16-6-2-1-3-11(16)9-14;/h4-5,7,11H,1-3,6,9,14H2;1H. The Bertz CT molecular complexity index is 600. The van der Waals surface area contributed by atoms with E-state index < -0.39 is 10.0 Å². The Kier molecular flexibility index (Phi) is 5.89. The summed E-state index contributed by atoms with van der Waals surface area (Å²) in [4.78, 5) is 3.88. The zero-order chi connectivity index (χ0) is 13.9. The van der Waals surface area contributed by atoms with Gasteiger partial charge in [-0.3, -0.25) is 0 Å². The smallest absolute Gasteiger partial charge is 0.260 e. The maximum atomic E-state index is 12.5. The third-order valence-corrected chi connectivity index (χ3v) is 5.13. The normalized spacial score (nSPS) is 19.9. The van der Waals surface area contributed by atoms with Crippen LogP contribution in [0.3, 0.4) is 0 Å². The minimum atomic E-state index is -3.66. The number of pyridine rings is 1. The molecule has 0 bridgehead atoms. The largest absolute Gasteiger partial charge is 0.329 e. The Morgan fingerprint density at radius 1 is 1.50 bits per heavy atom. The van der Waals surface area contributed by atoms with Gasteiger partial charge in [0.2, 0.25) is 0 Å². The fourth-order valence-corrected chi connectivity index (χ4v) is 3.93. The summed E-state index contributed by atoms with van der Waals surface area (Å²) >= 11 is 0. The van der Waals surface area contributed by atoms with Crippen molar-refractivity contribution in [2.45, 2.75) is 30.3 Å². The van der Waals surface area contributed by atoms with Crippen LogP contribution in [0.4, 0.5) is 0 Å². The van der Waals surface area contributed by atoms with Gasteiger partial charge < -0.3 is 5.73 Å². The average molecular weight is 317 g/mol. The number of hydrogen-bond acceptors (Lipinski definition) is 5. The molecule has 1 atom stereocenters. The molecule has 1 saturated heterocycles. The Morgan fingerprint density at radius 3 is 2.90 bits per heavy atom. The van der Waals surface area contributed by atoms with Crippen LogP contribution in [0.1, 0.15) is 24.8 Å². The molecule has 1 aliphatic rings. The first-order valence-electron chi connectivity index (χ1n) is 6.17. The lowest BCUT2D eigenvalue weighted by atomic mass is 10.1. The summed E-state index contributed by atoms with van der Waals surface area (Å²) < 4.78 is 26.5. The predicted octanol–water partition coefficient (Wildman–Crippen LogP) is 0.877. The highest BCUT2D eigenvalue weighted by Gasteiger charge is 2.33. The molecule has 0 saturated carbocycles. The van der Waals surface area contributed by atoms with Crippen LogP contribution in [0.15, 0.2) is 23.4 Å². The van der Waals surface area contributed by atoms with E-state index in [9.17, 15) is 8.42 Å². The number of nitrogens with two attached hydrogens (primary N) is 1. The third kappa shape index (κ3) is 3.27. The number of rotatable bonds is 3. The van der Waals surface area contributed by atoms with Crippen molar-refractivity contribution in [1.29, 1.82) is 5.26 Å². The predicted molar refractivity (Wildman–Crippen MR) is 76.8 cm³/mol. The Balaban J connectivity index is 0.00000200. The number of aromatic nitrogens is 1. The summed E-state index contributed by atoms with van der Waals surface area (Å²) in [6, 6.07) is 4.53. The van der Waals surface area contributed by atoms with E-state index in [-0.39, 0.29) is 29.0 Å². The fraction of sp³-hybridized carbons (Fsp3) is 0.500. The summed E-state index contributed by atoms with van der Waals surface area (Å²) in [6.07, 6.45) is 3.92. The minimum absolute atomic E-state index is 0. The van der Waals surface area contributed by atoms with E-state index in [1.54, 1.807) is 0 Å². The van der Waals surface area contributed by atoms with E-state index in [0.29, 0.717) is 13.1 Å². The van der Waals surface area contributed by atoms with E-state index in [0.717, 1.165) is 19.3 Å². The highest BCUT2D eigenvalue weighted by molar-refractivity contribution is 7.89. The molecule has 2 heterocycles. The molecule has 20 heavy (non-hydrogen) atoms. The average Bonchev–Trinajstić information content (AvgIpc) is 2.47. The summed E-state index contributed by atoms with van der Waals surface area (Å²) in [6.45, 7) is 0.764. The lowest BCUT2D eigenvalue weighted by Gasteiger charge is -2.33. The number of piperidine rings is 1. The monoisotopic (exact) mass is 316 g/mol. The highest BCUT2D eigenvalue weighted by Crippen LogP contribution is 2.24. The van der Waals surface area contributed by atoms with Gasteiger partial charge in [0.25, 0.3) is 10.0 Å². The van der Waals surface area contributed by atoms with Crippen molar-refractivity contribution in [3.05, 3.63) is 23.9 Å². The van der Waals surface area contributed by atoms with Crippen molar-refractivity contribution in [2.75, 3.05) is 13.1 Å². The summed E-state index contributed by atoms with van der Waals surface area (Å²) in [7, 11) is -3.66. The summed E-state index contributed by atoms with van der Waals surface area (Å²) in [5.74, 6) is 0. The van der Waals surface area contributed by atoms with Crippen molar-refractivity contribution in [3.63, 3.8) is 0 Å². The first-order valence-corrected chi connectivity index (χ1v) is 7.61. The molecule has 1 aromatic heterocycles. The van der Waals surface area contributed by atoms with Crippen LogP contribution in [0.5, 0.6) is 0 Å². The molecule has 0 radical (unpaired) electrons. The van der Waals surface area contributed by atoms with Gasteiger partial charge in [-0.15, -0.1) is 12.4 Å². The van der Waals surface area contributed by atoms with Gasteiger partial charge in [-0.2, -0.15) is 9.57 Å². The van der Waals surface area contributed by atoms with Crippen LogP contribution >= 0.6 is 12.4 Å². The molecular formula is C12H17ClN4O2S. The minimum Gasteiger partial charge on any atom is -0.329 e. The fourth-order valence-electron chi connectivity index (χ4n) is 2.27. The van der Waals surface area contributed by atoms with Crippen molar-refractivity contribution in [2.24, 2.45) is 5.73 Å². The van der Waals surface area contributed by atoms with Gasteiger partial charge in [0.1, 0.15) is 0 Å². The van der Waals surface area contributed by atoms with Crippen LogP contribution < -0.4 is 5.73 Å². The molecule has 0 aliphatic carbocycles. The SMILES string of the molecule is Cl.N#Cc1ccnc(S(=O)(=O)N2CCCCC2CN)c1. The molecule has 1 fully saturated rings. The second-order valence-electron chi connectivity index (χ2n) is 4.50. The lowest BCUT2D eigenvalue weighted by molar-refractivity contribution is 0.257. The van der Waals surface area contributed by atoms with Gasteiger partial charge in [-0.1, -0.05) is 6.42 Å². The van der Waals surface area contributed by atoms with Crippen LogP contribution in [0.25, 0.3) is 0 Å². The van der Waals surface area contributed by atoms with Crippen LogP contribution in [0, 0.1) is 11.3 Å². The van der Waals surface area contributed by atoms with Gasteiger partial charge >= 0.3 is 0 Å². The highest BCUT2D eigenvalue weighted by atomic mass is 35.5. The van der Waals surface area contributed by atoms with Crippen LogP contribution in [-0.4, -0.2) is 36.8 Å². The van der Waals surface area contributed by atoms with Crippen molar-refractivity contribution >= 4 is 22.4 Å². The summed E-state index contributed by atoms with van der Waals surface area (Å²) in [5, 5.41) is 8.75. The van der Waals surface area contributed by atoms with Crippen LogP contribution in [0.2, 0.25) is 0 Å². The molecule has 8 heteroatoms. The topological polar surface area (TPSA) is 100 Å². The van der Waals surface area contributed by atoms with Gasteiger partial charge in [0.15, 0.2) is 5.03 Å². The maximum Gasteiger partial charge on any atom is 0.260 e. The molecule has 2 N–H and O–H groups in total. The van der Waals surface area contributed by atoms with Gasteiger partial charge in [-0.25, -0.2) is 13.4 Å². The van der Waals surface area contributed by atoms with Gasteiger partial charge in [0.05, 0.1) is 11.6 Å². The number of halogens is 1. The van der Waals surface area contributed by atoms with Crippen molar-refractivity contribution in [3.8, 4) is 6.07 Å². The Labute approximate surface area is 125 Å². The number of hydrogen-bond donors (Lipinski definition) is 1. The second-order valence-corrected chi connectivity index (χ2v) is 6.33. The third-order valence-electron chi connectivity index (χ3n) is 3.28. The lowest BCUT2D eigenvalue weighted by Crippen LogP contribution is -2.47. The zero-order valence-corrected chi connectivity index (χ0v) is 12.5. The number of sulfonamides is 1.